The number of nitrogens with zero attached hydrogens (tertiary/aromatic N) is 4. The van der Waals surface area contributed by atoms with Crippen LogP contribution in [-0.4, -0.2) is 45.3 Å². The summed E-state index contributed by atoms with van der Waals surface area (Å²) in [7, 11) is -3.48. The molecule has 1 aromatic carbocycles. The Balaban J connectivity index is 1.28. The number of H-pyrrole nitrogens is 1. The molecule has 0 bridgehead atoms. The van der Waals surface area contributed by atoms with E-state index < -0.39 is 10.0 Å². The molecule has 160 valence electrons. The molecule has 1 saturated heterocycles. The maximum absolute atomic E-state index is 13.5. The molecule has 0 atom stereocenters. The van der Waals surface area contributed by atoms with Crippen LogP contribution < -0.4 is 0 Å². The quantitative estimate of drug-likeness (QED) is 0.523. The van der Waals surface area contributed by atoms with Gasteiger partial charge >= 0.3 is 0 Å². The van der Waals surface area contributed by atoms with Crippen molar-refractivity contribution in [3.05, 3.63) is 54.1 Å². The van der Waals surface area contributed by atoms with Crippen LogP contribution in [0.25, 0.3) is 22.1 Å². The van der Waals surface area contributed by atoms with Gasteiger partial charge in [0.05, 0.1) is 22.9 Å². The Morgan fingerprint density at radius 2 is 1.87 bits per heavy atom. The van der Waals surface area contributed by atoms with Gasteiger partial charge in [0, 0.05) is 30.7 Å². The lowest BCUT2D eigenvalue weighted by molar-refractivity contribution is 0.277. The molecule has 8 heteroatoms. The highest BCUT2D eigenvalue weighted by Crippen LogP contribution is 2.44. The van der Waals surface area contributed by atoms with Crippen LogP contribution in [0.3, 0.4) is 0 Å². The number of aromatic amines is 1. The van der Waals surface area contributed by atoms with Gasteiger partial charge in [0.25, 0.3) is 0 Å². The molecule has 1 aliphatic carbocycles. The molecule has 2 aliphatic rings. The van der Waals surface area contributed by atoms with Crippen LogP contribution in [0.2, 0.25) is 0 Å². The molecule has 0 amide bonds. The number of pyridine rings is 1. The van der Waals surface area contributed by atoms with Crippen LogP contribution in [0, 0.1) is 6.92 Å². The van der Waals surface area contributed by atoms with Gasteiger partial charge in [-0.05, 0) is 56.2 Å². The number of hydrogen-bond acceptors (Lipinski definition) is 4. The average molecular weight is 436 g/mol. The van der Waals surface area contributed by atoms with Gasteiger partial charge in [-0.2, -0.15) is 4.31 Å². The van der Waals surface area contributed by atoms with E-state index in [9.17, 15) is 8.42 Å². The lowest BCUT2D eigenvalue weighted by Crippen LogP contribution is -2.39. The number of nitrogens with one attached hydrogen (secondary N) is 1. The minimum Gasteiger partial charge on any atom is -0.346 e. The second kappa shape index (κ2) is 6.90. The van der Waals surface area contributed by atoms with Gasteiger partial charge in [0.2, 0.25) is 10.0 Å². The number of piperidine rings is 1. The molecule has 6 rings (SSSR count). The third-order valence-electron chi connectivity index (χ3n) is 6.74. The Kier molecular flexibility index (Phi) is 4.23. The Labute approximate surface area is 181 Å². The lowest BCUT2D eigenvalue weighted by Gasteiger charge is -2.32. The highest BCUT2D eigenvalue weighted by molar-refractivity contribution is 7.89. The molecule has 4 aromatic rings. The maximum Gasteiger partial charge on any atom is 0.243 e. The molecule has 1 N–H and O–H groups in total. The third kappa shape index (κ3) is 3.08. The van der Waals surface area contributed by atoms with Crippen LogP contribution in [0.1, 0.15) is 48.8 Å². The second-order valence-electron chi connectivity index (χ2n) is 8.83. The molecule has 1 saturated carbocycles. The Hall–Kier alpha value is -2.71. The molecule has 2 fully saturated rings. The first-order valence-electron chi connectivity index (χ1n) is 10.9. The highest BCUT2D eigenvalue weighted by Gasteiger charge is 2.35. The van der Waals surface area contributed by atoms with Crippen molar-refractivity contribution in [1.82, 2.24) is 23.8 Å². The average Bonchev–Trinajstić information content (AvgIpc) is 3.35. The fourth-order valence-corrected chi connectivity index (χ4v) is 6.66. The van der Waals surface area contributed by atoms with Gasteiger partial charge in [-0.1, -0.05) is 17.7 Å². The van der Waals surface area contributed by atoms with Crippen LogP contribution in [0.5, 0.6) is 0 Å². The standard InChI is InChI=1S/C23H25N5O2S/c1-15-2-5-21(19(12-15)16-3-4-16)31(29,30)27-10-7-17(8-11-27)28-14-26-20-13-25-23-18(22(20)28)6-9-24-23/h2,5-6,9,12-14,16-17H,3-4,7-8,10-11H2,1H3,(H,24,25). The number of benzene rings is 1. The number of fused-ring (bicyclic) bond motifs is 3. The zero-order chi connectivity index (χ0) is 21.2. The maximum atomic E-state index is 13.5. The summed E-state index contributed by atoms with van der Waals surface area (Å²) >= 11 is 0. The molecule has 4 heterocycles. The highest BCUT2D eigenvalue weighted by atomic mass is 32.2. The zero-order valence-corrected chi connectivity index (χ0v) is 18.3. The van der Waals surface area contributed by atoms with Crippen molar-refractivity contribution >= 4 is 32.1 Å². The SMILES string of the molecule is Cc1ccc(S(=O)(=O)N2CCC(n3cnc4cnc5[nH]ccc5c43)CC2)c(C2CC2)c1. The molecular formula is C23H25N5O2S. The molecule has 0 radical (unpaired) electrons. The third-order valence-corrected chi connectivity index (χ3v) is 8.71. The van der Waals surface area contributed by atoms with Crippen LogP contribution in [-0.2, 0) is 10.0 Å². The minimum absolute atomic E-state index is 0.220. The molecule has 7 nitrogen and oxygen atoms in total. The molecule has 3 aromatic heterocycles. The van der Waals surface area contributed by atoms with E-state index in [2.05, 4.69) is 25.6 Å². The summed E-state index contributed by atoms with van der Waals surface area (Å²) in [6, 6.07) is 8.03. The van der Waals surface area contributed by atoms with Gasteiger partial charge in [0.15, 0.2) is 0 Å². The minimum atomic E-state index is -3.48. The molecule has 31 heavy (non-hydrogen) atoms. The van der Waals surface area contributed by atoms with Crippen molar-refractivity contribution in [1.29, 1.82) is 0 Å². The monoisotopic (exact) mass is 435 g/mol. The Morgan fingerprint density at radius 3 is 2.65 bits per heavy atom. The van der Waals surface area contributed by atoms with Crippen molar-refractivity contribution in [2.24, 2.45) is 0 Å². The van der Waals surface area contributed by atoms with Crippen LogP contribution >= 0.6 is 0 Å². The predicted molar refractivity (Wildman–Crippen MR) is 120 cm³/mol. The van der Waals surface area contributed by atoms with Gasteiger partial charge in [-0.3, -0.25) is 0 Å². The smallest absolute Gasteiger partial charge is 0.243 e. The van der Waals surface area contributed by atoms with E-state index in [0.29, 0.717) is 23.9 Å². The van der Waals surface area contributed by atoms with Crippen molar-refractivity contribution in [3.63, 3.8) is 0 Å². The van der Waals surface area contributed by atoms with Crippen molar-refractivity contribution < 1.29 is 8.42 Å². The van der Waals surface area contributed by atoms with Gasteiger partial charge in [0.1, 0.15) is 11.2 Å². The molecule has 1 aliphatic heterocycles. The van der Waals surface area contributed by atoms with E-state index in [0.717, 1.165) is 58.9 Å². The number of aromatic nitrogens is 4. The number of imidazole rings is 1. The van der Waals surface area contributed by atoms with E-state index in [1.807, 2.05) is 37.6 Å². The Morgan fingerprint density at radius 1 is 1.06 bits per heavy atom. The fraction of sp³-hybridized carbons (Fsp3) is 0.391. The lowest BCUT2D eigenvalue weighted by atomic mass is 10.1. The molecule has 0 spiro atoms. The van der Waals surface area contributed by atoms with Crippen LogP contribution in [0.15, 0.2) is 47.9 Å². The van der Waals surface area contributed by atoms with E-state index in [-0.39, 0.29) is 6.04 Å². The first kappa shape index (κ1) is 19.0. The largest absolute Gasteiger partial charge is 0.346 e. The van der Waals surface area contributed by atoms with E-state index in [1.165, 1.54) is 0 Å². The summed E-state index contributed by atoms with van der Waals surface area (Å²) in [5.74, 6) is 0.400. The summed E-state index contributed by atoms with van der Waals surface area (Å²) in [5, 5.41) is 1.05. The van der Waals surface area contributed by atoms with Gasteiger partial charge in [-0.15, -0.1) is 0 Å². The normalized spacial score (nSPS) is 18.9. The van der Waals surface area contributed by atoms with Crippen molar-refractivity contribution in [2.75, 3.05) is 13.1 Å². The van der Waals surface area contributed by atoms with E-state index in [4.69, 9.17) is 0 Å². The number of sulfonamides is 1. The summed E-state index contributed by atoms with van der Waals surface area (Å²) in [5.41, 5.74) is 4.92. The summed E-state index contributed by atoms with van der Waals surface area (Å²) in [6.45, 7) is 3.07. The second-order valence-corrected chi connectivity index (χ2v) is 10.7. The van der Waals surface area contributed by atoms with E-state index >= 15 is 0 Å². The fourth-order valence-electron chi connectivity index (χ4n) is 4.92. The summed E-state index contributed by atoms with van der Waals surface area (Å²) < 4.78 is 30.9. The van der Waals surface area contributed by atoms with Gasteiger partial charge in [-0.25, -0.2) is 18.4 Å². The van der Waals surface area contributed by atoms with Crippen molar-refractivity contribution in [2.45, 2.75) is 49.5 Å². The topological polar surface area (TPSA) is 83.9 Å². The number of aryl methyl sites for hydroxylation is 1. The molecular weight excluding hydrogens is 410 g/mol. The van der Waals surface area contributed by atoms with Crippen molar-refractivity contribution in [3.8, 4) is 0 Å². The number of rotatable bonds is 4. The van der Waals surface area contributed by atoms with E-state index in [1.54, 1.807) is 10.5 Å². The molecule has 0 unspecified atom stereocenters. The summed E-state index contributed by atoms with van der Waals surface area (Å²) in [6.07, 6.45) is 9.27. The number of hydrogen-bond donors (Lipinski definition) is 1. The Bertz CT molecular complexity index is 1390. The summed E-state index contributed by atoms with van der Waals surface area (Å²) in [4.78, 5) is 12.6. The predicted octanol–water partition coefficient (Wildman–Crippen LogP) is 4.12. The zero-order valence-electron chi connectivity index (χ0n) is 17.5. The van der Waals surface area contributed by atoms with Crippen LogP contribution in [0.4, 0.5) is 0 Å². The van der Waals surface area contributed by atoms with Gasteiger partial charge < -0.3 is 9.55 Å². The first-order valence-corrected chi connectivity index (χ1v) is 12.4. The first-order chi connectivity index (χ1) is 15.0.